The molecule has 0 fully saturated rings. The zero-order valence-electron chi connectivity index (χ0n) is 15.0. The van der Waals surface area contributed by atoms with Crippen molar-refractivity contribution in [1.82, 2.24) is 9.21 Å². The van der Waals surface area contributed by atoms with Crippen LogP contribution in [0.5, 0.6) is 0 Å². The average Bonchev–Trinajstić information content (AvgIpc) is 3.25. The van der Waals surface area contributed by atoms with Gasteiger partial charge >= 0.3 is 0 Å². The van der Waals surface area contributed by atoms with Crippen molar-refractivity contribution in [2.45, 2.75) is 49.3 Å². The average molecular weight is 374 g/mol. The van der Waals surface area contributed by atoms with Crippen LogP contribution in [0.4, 0.5) is 0 Å². The molecule has 0 spiro atoms. The summed E-state index contributed by atoms with van der Waals surface area (Å²) in [7, 11) is -0.473. The zero-order chi connectivity index (χ0) is 18.9. The molecule has 0 aromatic heterocycles. The Kier molecular flexibility index (Phi) is 4.86. The lowest BCUT2D eigenvalue weighted by Gasteiger charge is -2.16. The molecular formula is C18H22N4O3S. The lowest BCUT2D eigenvalue weighted by atomic mass is 10.0. The summed E-state index contributed by atoms with van der Waals surface area (Å²) in [5, 5.41) is 8.10. The van der Waals surface area contributed by atoms with Crippen molar-refractivity contribution in [2.24, 2.45) is 10.2 Å². The van der Waals surface area contributed by atoms with Gasteiger partial charge in [-0.3, -0.25) is 4.79 Å². The monoisotopic (exact) mass is 374 g/mol. The van der Waals surface area contributed by atoms with Crippen molar-refractivity contribution in [1.29, 1.82) is 0 Å². The number of hydrogen-bond acceptors (Lipinski definition) is 5. The third-order valence-electron chi connectivity index (χ3n) is 4.82. The van der Waals surface area contributed by atoms with Gasteiger partial charge in [0.2, 0.25) is 15.9 Å². The van der Waals surface area contributed by atoms with Crippen molar-refractivity contribution >= 4 is 15.9 Å². The maximum absolute atomic E-state index is 12.5. The third kappa shape index (κ3) is 3.64. The molecule has 0 saturated carbocycles. The second-order valence-electron chi connectivity index (χ2n) is 6.85. The van der Waals surface area contributed by atoms with E-state index in [2.05, 4.69) is 16.1 Å². The molecule has 0 saturated heterocycles. The first-order valence-corrected chi connectivity index (χ1v) is 9.91. The molecule has 1 amide bonds. The van der Waals surface area contributed by atoms with Crippen molar-refractivity contribution in [3.8, 4) is 12.3 Å². The Bertz CT molecular complexity index is 894. The second-order valence-corrected chi connectivity index (χ2v) is 9.01. The van der Waals surface area contributed by atoms with E-state index in [0.29, 0.717) is 38.8 Å². The van der Waals surface area contributed by atoms with E-state index in [1.54, 1.807) is 23.1 Å². The number of hydrogen-bond donors (Lipinski definition) is 0. The number of terminal acetylenes is 1. The van der Waals surface area contributed by atoms with Gasteiger partial charge in [-0.15, -0.1) is 12.3 Å². The number of benzene rings is 1. The summed E-state index contributed by atoms with van der Waals surface area (Å²) < 4.78 is 25.7. The quantitative estimate of drug-likeness (QED) is 0.686. The predicted molar refractivity (Wildman–Crippen MR) is 96.5 cm³/mol. The van der Waals surface area contributed by atoms with E-state index in [-0.39, 0.29) is 10.8 Å². The van der Waals surface area contributed by atoms with Gasteiger partial charge in [-0.25, -0.2) is 12.7 Å². The van der Waals surface area contributed by atoms with Crippen LogP contribution in [0.1, 0.15) is 36.8 Å². The van der Waals surface area contributed by atoms with Gasteiger partial charge in [-0.1, -0.05) is 6.07 Å². The summed E-state index contributed by atoms with van der Waals surface area (Å²) in [6.45, 7) is 0.929. The molecule has 8 heteroatoms. The first-order valence-electron chi connectivity index (χ1n) is 8.47. The summed E-state index contributed by atoms with van der Waals surface area (Å²) in [5.41, 5.74) is 1.41. The number of nitrogens with zero attached hydrogens (tertiary/aromatic N) is 4. The Balaban J connectivity index is 1.62. The first kappa shape index (κ1) is 18.5. The van der Waals surface area contributed by atoms with Gasteiger partial charge < -0.3 is 4.90 Å². The van der Waals surface area contributed by atoms with Crippen molar-refractivity contribution in [3.63, 3.8) is 0 Å². The molecule has 1 aromatic carbocycles. The van der Waals surface area contributed by atoms with Crippen LogP contribution in [0, 0.1) is 12.3 Å². The van der Waals surface area contributed by atoms with Crippen LogP contribution in [0.15, 0.2) is 33.3 Å². The molecule has 0 unspecified atom stereocenters. The number of amides is 1. The highest BCUT2D eigenvalue weighted by Gasteiger charge is 2.40. The molecule has 7 nitrogen and oxygen atoms in total. The number of carbonyl (C=O) groups excluding carboxylic acids is 1. The van der Waals surface area contributed by atoms with Crippen LogP contribution in [-0.4, -0.2) is 43.3 Å². The van der Waals surface area contributed by atoms with Gasteiger partial charge in [0.1, 0.15) is 0 Å². The summed E-state index contributed by atoms with van der Waals surface area (Å²) in [4.78, 5) is 14.5. The van der Waals surface area contributed by atoms with Gasteiger partial charge in [0.05, 0.1) is 4.90 Å². The minimum atomic E-state index is -3.48. The molecule has 0 bridgehead atoms. The molecule has 26 heavy (non-hydrogen) atoms. The van der Waals surface area contributed by atoms with E-state index in [0.717, 1.165) is 11.1 Å². The molecule has 138 valence electrons. The molecule has 2 aliphatic heterocycles. The van der Waals surface area contributed by atoms with Crippen molar-refractivity contribution < 1.29 is 13.2 Å². The van der Waals surface area contributed by atoms with Crippen molar-refractivity contribution in [2.75, 3.05) is 14.1 Å². The Hall–Kier alpha value is -2.24. The SMILES string of the molecule is C#CCCC1(CCC(=O)N2Cc3ccc(S(=O)(=O)N(C)C)cc3C2)N=N1. The topological polar surface area (TPSA) is 82.4 Å². The Morgan fingerprint density at radius 3 is 2.58 bits per heavy atom. The van der Waals surface area contributed by atoms with E-state index in [4.69, 9.17) is 6.42 Å². The standard InChI is InChI=1S/C18H22N4O3S/c1-4-5-9-18(19-20-18)10-8-17(23)22-12-14-6-7-16(11-15(14)13-22)26(24,25)21(2)3/h1,6-7,11H,5,8-10,12-13H2,2-3H3. The molecular weight excluding hydrogens is 352 g/mol. The van der Waals surface area contributed by atoms with E-state index in [9.17, 15) is 13.2 Å². The van der Waals surface area contributed by atoms with E-state index >= 15 is 0 Å². The molecule has 2 heterocycles. The van der Waals surface area contributed by atoms with Crippen LogP contribution in [0.25, 0.3) is 0 Å². The summed E-state index contributed by atoms with van der Waals surface area (Å²) in [5.74, 6) is 2.60. The zero-order valence-corrected chi connectivity index (χ0v) is 15.8. The fraction of sp³-hybridized carbons (Fsp3) is 0.500. The largest absolute Gasteiger partial charge is 0.334 e. The van der Waals surface area contributed by atoms with Gasteiger partial charge in [-0.2, -0.15) is 10.2 Å². The van der Waals surface area contributed by atoms with E-state index < -0.39 is 15.7 Å². The molecule has 1 aromatic rings. The minimum absolute atomic E-state index is 0.0237. The Morgan fingerprint density at radius 2 is 1.96 bits per heavy atom. The van der Waals surface area contributed by atoms with E-state index in [1.807, 2.05) is 0 Å². The molecule has 2 aliphatic rings. The molecule has 0 radical (unpaired) electrons. The molecule has 3 rings (SSSR count). The predicted octanol–water partition coefficient (Wildman–Crippen LogP) is 2.13. The number of sulfonamides is 1. The van der Waals surface area contributed by atoms with Gasteiger partial charge in [0, 0.05) is 52.9 Å². The summed E-state index contributed by atoms with van der Waals surface area (Å²) in [6, 6.07) is 5.05. The fourth-order valence-electron chi connectivity index (χ4n) is 3.05. The van der Waals surface area contributed by atoms with Crippen LogP contribution >= 0.6 is 0 Å². The first-order chi connectivity index (χ1) is 12.3. The normalized spacial score (nSPS) is 17.2. The highest BCUT2D eigenvalue weighted by molar-refractivity contribution is 7.89. The maximum Gasteiger partial charge on any atom is 0.242 e. The fourth-order valence-corrected chi connectivity index (χ4v) is 4.00. The second kappa shape index (κ2) is 6.82. The lowest BCUT2D eigenvalue weighted by Crippen LogP contribution is -2.26. The Morgan fingerprint density at radius 1 is 1.27 bits per heavy atom. The molecule has 0 N–H and O–H groups in total. The third-order valence-corrected chi connectivity index (χ3v) is 6.63. The van der Waals surface area contributed by atoms with Crippen molar-refractivity contribution in [3.05, 3.63) is 29.3 Å². The van der Waals surface area contributed by atoms with Crippen LogP contribution in [0.2, 0.25) is 0 Å². The lowest BCUT2D eigenvalue weighted by molar-refractivity contribution is -0.132. The summed E-state index contributed by atoms with van der Waals surface area (Å²) in [6.07, 6.45) is 7.48. The minimum Gasteiger partial charge on any atom is -0.334 e. The number of fused-ring (bicyclic) bond motifs is 1. The smallest absolute Gasteiger partial charge is 0.242 e. The van der Waals surface area contributed by atoms with Gasteiger partial charge in [0.25, 0.3) is 0 Å². The van der Waals surface area contributed by atoms with Gasteiger partial charge in [0.15, 0.2) is 5.66 Å². The van der Waals surface area contributed by atoms with Crippen LogP contribution in [0.3, 0.4) is 0 Å². The number of rotatable bonds is 7. The highest BCUT2D eigenvalue weighted by atomic mass is 32.2. The highest BCUT2D eigenvalue weighted by Crippen LogP contribution is 2.38. The van der Waals surface area contributed by atoms with Crippen LogP contribution < -0.4 is 0 Å². The van der Waals surface area contributed by atoms with E-state index in [1.165, 1.54) is 18.4 Å². The molecule has 0 aliphatic carbocycles. The summed E-state index contributed by atoms with van der Waals surface area (Å²) >= 11 is 0. The Labute approximate surface area is 154 Å². The van der Waals surface area contributed by atoms with Gasteiger partial charge in [-0.05, 0) is 23.3 Å². The maximum atomic E-state index is 12.5. The number of carbonyl (C=O) groups is 1. The van der Waals surface area contributed by atoms with Crippen LogP contribution in [-0.2, 0) is 27.9 Å². The molecule has 0 atom stereocenters.